The molecule has 6 nitrogen and oxygen atoms in total. The second-order valence-electron chi connectivity index (χ2n) is 5.71. The van der Waals surface area contributed by atoms with Crippen molar-refractivity contribution in [3.8, 4) is 11.8 Å². The minimum absolute atomic E-state index is 0.163. The molecule has 0 aliphatic heterocycles. The number of nitrogens with one attached hydrogen (secondary N) is 1. The number of benzene rings is 2. The maximum absolute atomic E-state index is 12.5. The zero-order chi connectivity index (χ0) is 18.5. The van der Waals surface area contributed by atoms with Crippen molar-refractivity contribution in [1.29, 1.82) is 5.26 Å². The Morgan fingerprint density at radius 2 is 2.08 bits per heavy atom. The molecule has 0 bridgehead atoms. The molecule has 1 aromatic heterocycles. The van der Waals surface area contributed by atoms with Gasteiger partial charge in [0.25, 0.3) is 0 Å². The molecular weight excluding hydrogens is 346 g/mol. The van der Waals surface area contributed by atoms with Gasteiger partial charge in [-0.3, -0.25) is 9.36 Å². The van der Waals surface area contributed by atoms with E-state index >= 15 is 0 Å². The molecule has 130 valence electrons. The maximum atomic E-state index is 12.5. The third-order valence-corrected chi connectivity index (χ3v) is 4.86. The van der Waals surface area contributed by atoms with Crippen LogP contribution in [0.3, 0.4) is 0 Å². The first-order valence-electron chi connectivity index (χ1n) is 8.02. The molecule has 1 unspecified atom stereocenters. The lowest BCUT2D eigenvalue weighted by Crippen LogP contribution is -2.22. The summed E-state index contributed by atoms with van der Waals surface area (Å²) >= 11 is 1.33. The van der Waals surface area contributed by atoms with Crippen molar-refractivity contribution in [3.05, 3.63) is 66.0 Å². The molecule has 0 saturated carbocycles. The standard InChI is InChI=1S/C19H17N5OS/c1-13-6-3-4-9-17(13)24-12-21-23-19(24)26-14(2)18(25)22-16-8-5-7-15(10-16)11-20/h3-10,12,14H,1-2H3,(H,22,25). The van der Waals surface area contributed by atoms with Crippen LogP contribution in [0.5, 0.6) is 0 Å². The van der Waals surface area contributed by atoms with Gasteiger partial charge in [0, 0.05) is 5.69 Å². The highest BCUT2D eigenvalue weighted by molar-refractivity contribution is 8.00. The average molecular weight is 363 g/mol. The van der Waals surface area contributed by atoms with Crippen molar-refractivity contribution in [1.82, 2.24) is 14.8 Å². The van der Waals surface area contributed by atoms with Crippen LogP contribution in [0, 0.1) is 18.3 Å². The molecule has 0 radical (unpaired) electrons. The van der Waals surface area contributed by atoms with E-state index in [0.717, 1.165) is 11.3 Å². The van der Waals surface area contributed by atoms with Crippen LogP contribution in [-0.4, -0.2) is 25.9 Å². The number of carbonyl (C=O) groups excluding carboxylic acids is 1. The third kappa shape index (κ3) is 3.92. The van der Waals surface area contributed by atoms with E-state index in [1.807, 2.05) is 42.7 Å². The average Bonchev–Trinajstić information content (AvgIpc) is 3.10. The van der Waals surface area contributed by atoms with Crippen molar-refractivity contribution in [2.45, 2.75) is 24.3 Å². The fourth-order valence-corrected chi connectivity index (χ4v) is 3.26. The Bertz CT molecular complexity index is 976. The van der Waals surface area contributed by atoms with Gasteiger partial charge in [0.1, 0.15) is 6.33 Å². The number of nitriles is 1. The molecule has 0 aliphatic rings. The SMILES string of the molecule is Cc1ccccc1-n1cnnc1SC(C)C(=O)Nc1cccc(C#N)c1. The van der Waals surface area contributed by atoms with Gasteiger partial charge in [-0.1, -0.05) is 36.0 Å². The zero-order valence-corrected chi connectivity index (χ0v) is 15.2. The quantitative estimate of drug-likeness (QED) is 0.701. The van der Waals surface area contributed by atoms with E-state index in [1.165, 1.54) is 11.8 Å². The van der Waals surface area contributed by atoms with Crippen LogP contribution < -0.4 is 5.32 Å². The number of aryl methyl sites for hydroxylation is 1. The van der Waals surface area contributed by atoms with Gasteiger partial charge in [0.15, 0.2) is 5.16 Å². The number of carbonyl (C=O) groups is 1. The highest BCUT2D eigenvalue weighted by Crippen LogP contribution is 2.26. The van der Waals surface area contributed by atoms with Crippen LogP contribution in [0.2, 0.25) is 0 Å². The van der Waals surface area contributed by atoms with Gasteiger partial charge in [-0.2, -0.15) is 5.26 Å². The molecule has 0 spiro atoms. The lowest BCUT2D eigenvalue weighted by atomic mass is 10.2. The Labute approximate surface area is 155 Å². The molecule has 26 heavy (non-hydrogen) atoms. The highest BCUT2D eigenvalue weighted by Gasteiger charge is 2.19. The number of nitrogens with zero attached hydrogens (tertiary/aromatic N) is 4. The normalized spacial score (nSPS) is 11.6. The zero-order valence-electron chi connectivity index (χ0n) is 14.4. The van der Waals surface area contributed by atoms with E-state index in [1.54, 1.807) is 30.6 Å². The lowest BCUT2D eigenvalue weighted by Gasteiger charge is -2.13. The van der Waals surface area contributed by atoms with Crippen molar-refractivity contribution in [2.75, 3.05) is 5.32 Å². The number of aromatic nitrogens is 3. The Kier molecular flexibility index (Phi) is 5.34. The molecule has 3 aromatic rings. The van der Waals surface area contributed by atoms with Gasteiger partial charge < -0.3 is 5.32 Å². The van der Waals surface area contributed by atoms with E-state index in [0.29, 0.717) is 16.4 Å². The lowest BCUT2D eigenvalue weighted by molar-refractivity contribution is -0.115. The first-order valence-corrected chi connectivity index (χ1v) is 8.90. The molecule has 0 aliphatic carbocycles. The monoisotopic (exact) mass is 363 g/mol. The van der Waals surface area contributed by atoms with Crippen LogP contribution in [0.1, 0.15) is 18.1 Å². The summed E-state index contributed by atoms with van der Waals surface area (Å²) < 4.78 is 1.88. The Morgan fingerprint density at radius 1 is 1.27 bits per heavy atom. The summed E-state index contributed by atoms with van der Waals surface area (Å²) in [6.45, 7) is 3.83. The van der Waals surface area contributed by atoms with Gasteiger partial charge in [-0.15, -0.1) is 10.2 Å². The van der Waals surface area contributed by atoms with Gasteiger partial charge in [0.2, 0.25) is 5.91 Å². The summed E-state index contributed by atoms with van der Waals surface area (Å²) in [5.41, 5.74) is 3.18. The molecule has 1 amide bonds. The summed E-state index contributed by atoms with van der Waals surface area (Å²) in [4.78, 5) is 12.5. The van der Waals surface area contributed by atoms with Gasteiger partial charge in [0.05, 0.1) is 22.6 Å². The second-order valence-corrected chi connectivity index (χ2v) is 7.02. The number of hydrogen-bond acceptors (Lipinski definition) is 5. The predicted octanol–water partition coefficient (Wildman–Crippen LogP) is 3.57. The van der Waals surface area contributed by atoms with Gasteiger partial charge in [-0.25, -0.2) is 0 Å². The van der Waals surface area contributed by atoms with Crippen molar-refractivity contribution in [2.24, 2.45) is 0 Å². The topological polar surface area (TPSA) is 83.6 Å². The summed E-state index contributed by atoms with van der Waals surface area (Å²) in [6.07, 6.45) is 1.64. The first kappa shape index (κ1) is 17.7. The fourth-order valence-electron chi connectivity index (χ4n) is 2.43. The molecule has 3 rings (SSSR count). The van der Waals surface area contributed by atoms with E-state index in [-0.39, 0.29) is 11.2 Å². The molecular formula is C19H17N5OS. The molecule has 2 aromatic carbocycles. The number of thioether (sulfide) groups is 1. The molecule has 7 heteroatoms. The van der Waals surface area contributed by atoms with Gasteiger partial charge >= 0.3 is 0 Å². The maximum Gasteiger partial charge on any atom is 0.237 e. The van der Waals surface area contributed by atoms with E-state index < -0.39 is 0 Å². The van der Waals surface area contributed by atoms with Crippen LogP contribution >= 0.6 is 11.8 Å². The summed E-state index contributed by atoms with van der Waals surface area (Å²) in [5.74, 6) is -0.163. The number of para-hydroxylation sites is 1. The molecule has 1 heterocycles. The molecule has 0 saturated heterocycles. The minimum atomic E-state index is -0.382. The van der Waals surface area contributed by atoms with Crippen molar-refractivity contribution in [3.63, 3.8) is 0 Å². The third-order valence-electron chi connectivity index (χ3n) is 3.80. The Hall–Kier alpha value is -3.11. The number of rotatable bonds is 5. The summed E-state index contributed by atoms with van der Waals surface area (Å²) in [6, 6.07) is 16.8. The number of hydrogen-bond donors (Lipinski definition) is 1. The fraction of sp³-hybridized carbons (Fsp3) is 0.158. The second kappa shape index (κ2) is 7.85. The number of amides is 1. The van der Waals surface area contributed by atoms with Crippen LogP contribution in [0.25, 0.3) is 5.69 Å². The summed E-state index contributed by atoms with van der Waals surface area (Å²) in [7, 11) is 0. The van der Waals surface area contributed by atoms with Crippen molar-refractivity contribution < 1.29 is 4.79 Å². The summed E-state index contributed by atoms with van der Waals surface area (Å²) in [5, 5.41) is 20.2. The van der Waals surface area contributed by atoms with Crippen LogP contribution in [0.4, 0.5) is 5.69 Å². The molecule has 1 N–H and O–H groups in total. The Balaban J connectivity index is 1.73. The predicted molar refractivity (Wildman–Crippen MR) is 101 cm³/mol. The smallest absolute Gasteiger partial charge is 0.237 e. The van der Waals surface area contributed by atoms with E-state index in [9.17, 15) is 4.79 Å². The molecule has 0 fully saturated rings. The number of anilines is 1. The van der Waals surface area contributed by atoms with Crippen molar-refractivity contribution >= 4 is 23.4 Å². The molecule has 1 atom stereocenters. The van der Waals surface area contributed by atoms with Crippen LogP contribution in [0.15, 0.2) is 60.0 Å². The van der Waals surface area contributed by atoms with E-state index in [2.05, 4.69) is 21.6 Å². The van der Waals surface area contributed by atoms with Crippen LogP contribution in [-0.2, 0) is 4.79 Å². The highest BCUT2D eigenvalue weighted by atomic mass is 32.2. The van der Waals surface area contributed by atoms with Gasteiger partial charge in [-0.05, 0) is 43.7 Å². The minimum Gasteiger partial charge on any atom is -0.325 e. The van der Waals surface area contributed by atoms with E-state index in [4.69, 9.17) is 5.26 Å². The Morgan fingerprint density at radius 3 is 2.85 bits per heavy atom. The largest absolute Gasteiger partial charge is 0.325 e. The first-order chi connectivity index (χ1) is 12.6.